The van der Waals surface area contributed by atoms with Crippen molar-refractivity contribution in [2.45, 2.75) is 20.8 Å². The van der Waals surface area contributed by atoms with Crippen molar-refractivity contribution in [3.8, 4) is 5.69 Å². The van der Waals surface area contributed by atoms with E-state index < -0.39 is 0 Å². The predicted octanol–water partition coefficient (Wildman–Crippen LogP) is -0.156. The summed E-state index contributed by atoms with van der Waals surface area (Å²) in [5, 5.41) is 4.32. The first kappa shape index (κ1) is 13.1. The summed E-state index contributed by atoms with van der Waals surface area (Å²) in [6.07, 6.45) is 1.71. The molecule has 0 saturated carbocycles. The quantitative estimate of drug-likeness (QED) is 0.685. The lowest BCUT2D eigenvalue weighted by Crippen LogP contribution is -2.40. The molecule has 1 aromatic carbocycles. The van der Waals surface area contributed by atoms with Crippen LogP contribution in [-0.2, 0) is 0 Å². The number of rotatable bonds is 3. The summed E-state index contributed by atoms with van der Waals surface area (Å²) in [7, 11) is 12.9. The third-order valence-corrected chi connectivity index (χ3v) is 3.00. The SMILES string of the molecule is [B][B]B([B])c1cc(C)c(-n2cnc(C)n2)cc1C. The Kier molecular flexibility index (Phi) is 3.69. The normalized spacial score (nSPS) is 10.4. The Morgan fingerprint density at radius 3 is 2.50 bits per heavy atom. The van der Waals surface area contributed by atoms with E-state index in [-0.39, 0.29) is 6.49 Å². The van der Waals surface area contributed by atoms with Crippen LogP contribution in [0.15, 0.2) is 18.5 Å². The van der Waals surface area contributed by atoms with Crippen molar-refractivity contribution in [2.24, 2.45) is 0 Å². The molecule has 5 radical (unpaired) electrons. The topological polar surface area (TPSA) is 30.7 Å². The van der Waals surface area contributed by atoms with Crippen molar-refractivity contribution >= 4 is 34.5 Å². The maximum absolute atomic E-state index is 5.94. The first-order valence-electron chi connectivity index (χ1n) is 5.83. The molecule has 0 bridgehead atoms. The first-order valence-corrected chi connectivity index (χ1v) is 5.83. The molecule has 0 amide bonds. The lowest BCUT2D eigenvalue weighted by molar-refractivity contribution is 0.855. The van der Waals surface area contributed by atoms with Crippen LogP contribution in [0.1, 0.15) is 17.0 Å². The van der Waals surface area contributed by atoms with Crippen LogP contribution >= 0.6 is 0 Å². The molecule has 0 fully saturated rings. The standard InChI is InChI=1S/C11H12B4N3/c1-7-5-11(18-6-16-9(3)17-18)8(2)4-10(7)15(13)14-12/h4-6H,1-3H3. The average Bonchev–Trinajstić information content (AvgIpc) is 2.77. The molecule has 83 valence electrons. The summed E-state index contributed by atoms with van der Waals surface area (Å²) in [6, 6.07) is 4.11. The second-order valence-corrected chi connectivity index (χ2v) is 4.45. The van der Waals surface area contributed by atoms with Crippen molar-refractivity contribution in [3.63, 3.8) is 0 Å². The number of hydrogen-bond donors (Lipinski definition) is 0. The van der Waals surface area contributed by atoms with Crippen LogP contribution in [0.4, 0.5) is 0 Å². The minimum atomic E-state index is -0.241. The Morgan fingerprint density at radius 2 is 1.94 bits per heavy atom. The lowest BCUT2D eigenvalue weighted by Gasteiger charge is -2.15. The number of nitrogens with zero attached hydrogens (tertiary/aromatic N) is 3. The van der Waals surface area contributed by atoms with E-state index in [2.05, 4.69) is 22.2 Å². The maximum atomic E-state index is 5.94. The molecule has 0 aliphatic carbocycles. The average molecular weight is 229 g/mol. The van der Waals surface area contributed by atoms with Crippen molar-refractivity contribution in [3.05, 3.63) is 35.4 Å². The third-order valence-electron chi connectivity index (χ3n) is 3.00. The van der Waals surface area contributed by atoms with E-state index in [0.717, 1.165) is 28.1 Å². The summed E-state index contributed by atoms with van der Waals surface area (Å²) in [5.74, 6) is 0.753. The van der Waals surface area contributed by atoms with Crippen molar-refractivity contribution in [1.82, 2.24) is 14.8 Å². The van der Waals surface area contributed by atoms with Crippen LogP contribution in [0.25, 0.3) is 5.69 Å². The molecule has 1 aromatic heterocycles. The molecule has 2 aromatic rings. The van der Waals surface area contributed by atoms with Gasteiger partial charge in [0.15, 0.2) is 0 Å². The molecule has 7 heteroatoms. The Balaban J connectivity index is 2.49. The number of benzene rings is 1. The van der Waals surface area contributed by atoms with Crippen LogP contribution in [0.3, 0.4) is 0 Å². The van der Waals surface area contributed by atoms with E-state index in [1.54, 1.807) is 11.0 Å². The summed E-state index contributed by atoms with van der Waals surface area (Å²) >= 11 is 0. The van der Waals surface area contributed by atoms with Gasteiger partial charge in [-0.1, -0.05) is 17.1 Å². The van der Waals surface area contributed by atoms with Gasteiger partial charge in [-0.25, -0.2) is 9.67 Å². The van der Waals surface area contributed by atoms with Gasteiger partial charge in [0.05, 0.1) is 12.2 Å². The zero-order valence-corrected chi connectivity index (χ0v) is 10.9. The highest BCUT2D eigenvalue weighted by Gasteiger charge is 2.12. The Bertz CT molecular complexity index is 567. The van der Waals surface area contributed by atoms with E-state index in [1.807, 2.05) is 20.8 Å². The van der Waals surface area contributed by atoms with E-state index in [9.17, 15) is 0 Å². The molecule has 0 unspecified atom stereocenters. The van der Waals surface area contributed by atoms with Gasteiger partial charge in [-0.05, 0) is 32.4 Å². The zero-order valence-electron chi connectivity index (χ0n) is 10.9. The predicted molar refractivity (Wildman–Crippen MR) is 78.2 cm³/mol. The van der Waals surface area contributed by atoms with Crippen LogP contribution in [0.2, 0.25) is 0 Å². The van der Waals surface area contributed by atoms with Crippen molar-refractivity contribution in [1.29, 1.82) is 0 Å². The highest BCUT2D eigenvalue weighted by atomic mass is 15.3. The monoisotopic (exact) mass is 230 g/mol. The van der Waals surface area contributed by atoms with Crippen LogP contribution in [0.5, 0.6) is 0 Å². The molecule has 0 spiro atoms. The lowest BCUT2D eigenvalue weighted by atomic mass is 9.03. The minimum Gasteiger partial charge on any atom is -0.221 e. The molecular formula is C11H12B4N3. The molecule has 0 N–H and O–H groups in total. The molecule has 0 saturated heterocycles. The highest BCUT2D eigenvalue weighted by molar-refractivity contribution is 7.50. The first-order chi connectivity index (χ1) is 8.52. The van der Waals surface area contributed by atoms with Gasteiger partial charge < -0.3 is 0 Å². The maximum Gasteiger partial charge on any atom is 0.147 e. The molecule has 0 aliphatic heterocycles. The van der Waals surface area contributed by atoms with Crippen LogP contribution < -0.4 is 5.46 Å². The number of aryl methyl sites for hydroxylation is 3. The number of hydrogen-bond acceptors (Lipinski definition) is 2. The molecule has 1 heterocycles. The zero-order chi connectivity index (χ0) is 13.3. The molecule has 2 rings (SSSR count). The fourth-order valence-corrected chi connectivity index (χ4v) is 1.99. The van der Waals surface area contributed by atoms with E-state index in [1.165, 1.54) is 7.06 Å². The Hall–Kier alpha value is -1.38. The molecular weight excluding hydrogens is 217 g/mol. The Morgan fingerprint density at radius 1 is 1.22 bits per heavy atom. The summed E-state index contributed by atoms with van der Waals surface area (Å²) in [4.78, 5) is 4.14. The number of aromatic nitrogens is 3. The molecule has 0 aliphatic rings. The van der Waals surface area contributed by atoms with Gasteiger partial charge in [0, 0.05) is 22.5 Å². The summed E-state index contributed by atoms with van der Waals surface area (Å²) < 4.78 is 1.78. The molecule has 3 nitrogen and oxygen atoms in total. The van der Waals surface area contributed by atoms with Gasteiger partial charge >= 0.3 is 0 Å². The van der Waals surface area contributed by atoms with Gasteiger partial charge in [0.1, 0.15) is 12.2 Å². The molecule has 0 atom stereocenters. The second-order valence-electron chi connectivity index (χ2n) is 4.45. The second kappa shape index (κ2) is 5.09. The van der Waals surface area contributed by atoms with E-state index >= 15 is 0 Å². The largest absolute Gasteiger partial charge is 0.221 e. The van der Waals surface area contributed by atoms with Gasteiger partial charge in [0.2, 0.25) is 0 Å². The fourth-order valence-electron chi connectivity index (χ4n) is 1.99. The highest BCUT2D eigenvalue weighted by Crippen LogP contribution is 2.13. The van der Waals surface area contributed by atoms with Gasteiger partial charge in [-0.15, -0.1) is 0 Å². The van der Waals surface area contributed by atoms with Gasteiger partial charge in [-0.3, -0.25) is 0 Å². The van der Waals surface area contributed by atoms with Gasteiger partial charge in [-0.2, -0.15) is 5.10 Å². The van der Waals surface area contributed by atoms with Crippen LogP contribution in [0, 0.1) is 20.8 Å². The van der Waals surface area contributed by atoms with E-state index in [0.29, 0.717) is 0 Å². The summed E-state index contributed by atoms with van der Waals surface area (Å²) in [5.41, 5.74) is 4.24. The third kappa shape index (κ3) is 2.40. The van der Waals surface area contributed by atoms with Crippen molar-refractivity contribution < 1.29 is 0 Å². The van der Waals surface area contributed by atoms with Crippen molar-refractivity contribution in [2.75, 3.05) is 0 Å². The van der Waals surface area contributed by atoms with Crippen LogP contribution in [-0.4, -0.2) is 43.8 Å². The summed E-state index contributed by atoms with van der Waals surface area (Å²) in [6.45, 7) is 5.67. The van der Waals surface area contributed by atoms with E-state index in [4.69, 9.17) is 15.5 Å². The molecule has 18 heavy (non-hydrogen) atoms. The van der Waals surface area contributed by atoms with Gasteiger partial charge in [0.25, 0.3) is 0 Å². The smallest absolute Gasteiger partial charge is 0.147 e. The fraction of sp³-hybridized carbons (Fsp3) is 0.273. The minimum absolute atomic E-state index is 0.241. The Labute approximate surface area is 111 Å².